The van der Waals surface area contributed by atoms with E-state index in [1.807, 2.05) is 0 Å². The predicted octanol–water partition coefficient (Wildman–Crippen LogP) is 3.94. The fourth-order valence-corrected chi connectivity index (χ4v) is 8.29. The molecule has 25 heavy (non-hydrogen) atoms. The van der Waals surface area contributed by atoms with E-state index in [0.717, 1.165) is 6.42 Å². The SMILES string of the molecule is CC(C)C[C@H](N)CO[Si](c1ccccc1)(c1ccccc1)C(C)(C)C. The lowest BCUT2D eigenvalue weighted by Crippen LogP contribution is -2.67. The first-order chi connectivity index (χ1) is 11.8. The van der Waals surface area contributed by atoms with Crippen LogP contribution in [0.1, 0.15) is 41.0 Å². The molecule has 2 rings (SSSR count). The molecular weight excluding hydrogens is 322 g/mol. The Morgan fingerprint density at radius 1 is 0.880 bits per heavy atom. The number of hydrogen-bond acceptors (Lipinski definition) is 2. The van der Waals surface area contributed by atoms with Gasteiger partial charge in [-0.3, -0.25) is 0 Å². The summed E-state index contributed by atoms with van der Waals surface area (Å²) in [6, 6.07) is 21.6. The second kappa shape index (κ2) is 8.30. The lowest BCUT2D eigenvalue weighted by molar-refractivity contribution is 0.256. The minimum atomic E-state index is -2.44. The smallest absolute Gasteiger partial charge is 0.261 e. The van der Waals surface area contributed by atoms with Gasteiger partial charge in [-0.25, -0.2) is 0 Å². The van der Waals surface area contributed by atoms with E-state index in [9.17, 15) is 0 Å². The molecule has 2 N–H and O–H groups in total. The van der Waals surface area contributed by atoms with Crippen LogP contribution in [0.25, 0.3) is 0 Å². The van der Waals surface area contributed by atoms with Crippen LogP contribution in [-0.2, 0) is 4.43 Å². The van der Waals surface area contributed by atoms with Gasteiger partial charge in [0.2, 0.25) is 0 Å². The van der Waals surface area contributed by atoms with Gasteiger partial charge in [0.15, 0.2) is 0 Å². The minimum Gasteiger partial charge on any atom is -0.406 e. The summed E-state index contributed by atoms with van der Waals surface area (Å²) in [5.74, 6) is 0.581. The fourth-order valence-electron chi connectivity index (χ4n) is 3.67. The number of benzene rings is 2. The van der Waals surface area contributed by atoms with E-state index in [4.69, 9.17) is 10.2 Å². The molecule has 0 saturated carbocycles. The third-order valence-electron chi connectivity index (χ3n) is 4.70. The van der Waals surface area contributed by atoms with Gasteiger partial charge in [0, 0.05) is 12.6 Å². The molecule has 0 unspecified atom stereocenters. The Hall–Kier alpha value is -1.42. The Kier molecular flexibility index (Phi) is 6.61. The van der Waals surface area contributed by atoms with E-state index in [2.05, 4.69) is 95.3 Å². The van der Waals surface area contributed by atoms with E-state index in [-0.39, 0.29) is 11.1 Å². The Labute approximate surface area is 154 Å². The van der Waals surface area contributed by atoms with Gasteiger partial charge in [0.05, 0.1) is 0 Å². The molecule has 0 fully saturated rings. The summed E-state index contributed by atoms with van der Waals surface area (Å²) >= 11 is 0. The number of rotatable bonds is 7. The molecule has 1 atom stereocenters. The van der Waals surface area contributed by atoms with Gasteiger partial charge in [-0.2, -0.15) is 0 Å². The Bertz CT molecular complexity index is 595. The standard InChI is InChI=1S/C22H33NOSi/c1-18(2)16-19(23)17-24-25(22(3,4)5,20-12-8-6-9-13-20)21-14-10-7-11-15-21/h6-15,18-19H,16-17,23H2,1-5H3/t19-/m0/s1. The zero-order valence-corrected chi connectivity index (χ0v) is 17.3. The lowest BCUT2D eigenvalue weighted by Gasteiger charge is -2.43. The van der Waals surface area contributed by atoms with Gasteiger partial charge >= 0.3 is 0 Å². The number of hydrogen-bond donors (Lipinski definition) is 1. The molecule has 0 amide bonds. The van der Waals surface area contributed by atoms with Gasteiger partial charge in [-0.05, 0) is 27.8 Å². The molecule has 2 aromatic carbocycles. The summed E-state index contributed by atoms with van der Waals surface area (Å²) in [5, 5.41) is 2.63. The topological polar surface area (TPSA) is 35.2 Å². The molecule has 3 heteroatoms. The molecule has 0 radical (unpaired) electrons. The molecular formula is C22H33NOSi. The summed E-state index contributed by atoms with van der Waals surface area (Å²) in [5.41, 5.74) is 6.38. The molecule has 2 nitrogen and oxygen atoms in total. The first-order valence-electron chi connectivity index (χ1n) is 9.28. The molecule has 0 bridgehead atoms. The highest BCUT2D eigenvalue weighted by molar-refractivity contribution is 6.99. The van der Waals surface area contributed by atoms with Crippen molar-refractivity contribution in [3.05, 3.63) is 60.7 Å². The molecule has 0 aliphatic carbocycles. The van der Waals surface area contributed by atoms with Crippen molar-refractivity contribution in [2.75, 3.05) is 6.61 Å². The van der Waals surface area contributed by atoms with E-state index in [0.29, 0.717) is 12.5 Å². The monoisotopic (exact) mass is 355 g/mol. The third kappa shape index (κ3) is 4.60. The van der Waals surface area contributed by atoms with Gasteiger partial charge in [-0.15, -0.1) is 0 Å². The van der Waals surface area contributed by atoms with Crippen molar-refractivity contribution in [2.24, 2.45) is 11.7 Å². The van der Waals surface area contributed by atoms with Gasteiger partial charge in [-0.1, -0.05) is 95.3 Å². The largest absolute Gasteiger partial charge is 0.406 e. The summed E-state index contributed by atoms with van der Waals surface area (Å²) in [6.07, 6.45) is 0.984. The molecule has 0 spiro atoms. The van der Waals surface area contributed by atoms with Crippen LogP contribution in [0.2, 0.25) is 5.04 Å². The molecule has 0 aliphatic heterocycles. The van der Waals surface area contributed by atoms with Crippen molar-refractivity contribution in [3.8, 4) is 0 Å². The van der Waals surface area contributed by atoms with Crippen LogP contribution in [0, 0.1) is 5.92 Å². The maximum atomic E-state index is 6.84. The Morgan fingerprint density at radius 2 is 1.32 bits per heavy atom. The zero-order chi connectivity index (χ0) is 18.5. The normalized spacial score (nSPS) is 13.9. The van der Waals surface area contributed by atoms with Crippen molar-refractivity contribution in [2.45, 2.75) is 52.1 Å². The van der Waals surface area contributed by atoms with Crippen molar-refractivity contribution >= 4 is 18.7 Å². The van der Waals surface area contributed by atoms with Gasteiger partial charge in [0.1, 0.15) is 0 Å². The maximum Gasteiger partial charge on any atom is 0.261 e. The average molecular weight is 356 g/mol. The zero-order valence-electron chi connectivity index (χ0n) is 16.3. The quantitative estimate of drug-likeness (QED) is 0.764. The van der Waals surface area contributed by atoms with Gasteiger partial charge in [0.25, 0.3) is 8.32 Å². The van der Waals surface area contributed by atoms with E-state index in [1.165, 1.54) is 10.4 Å². The Balaban J connectivity index is 2.49. The average Bonchev–Trinajstić information content (AvgIpc) is 2.55. The summed E-state index contributed by atoms with van der Waals surface area (Å²) in [6.45, 7) is 11.9. The van der Waals surface area contributed by atoms with E-state index in [1.54, 1.807) is 0 Å². The van der Waals surface area contributed by atoms with Crippen molar-refractivity contribution < 1.29 is 4.43 Å². The second-order valence-corrected chi connectivity index (χ2v) is 12.7. The van der Waals surface area contributed by atoms with E-state index < -0.39 is 8.32 Å². The van der Waals surface area contributed by atoms with Gasteiger partial charge < -0.3 is 10.2 Å². The second-order valence-electron chi connectivity index (χ2n) is 8.36. The molecule has 0 heterocycles. The predicted molar refractivity (Wildman–Crippen MR) is 111 cm³/mol. The van der Waals surface area contributed by atoms with Crippen LogP contribution in [0.3, 0.4) is 0 Å². The van der Waals surface area contributed by atoms with Crippen LogP contribution >= 0.6 is 0 Å². The number of nitrogens with two attached hydrogens (primary N) is 1. The molecule has 136 valence electrons. The maximum absolute atomic E-state index is 6.84. The van der Waals surface area contributed by atoms with Crippen LogP contribution < -0.4 is 16.1 Å². The first-order valence-corrected chi connectivity index (χ1v) is 11.2. The highest BCUT2D eigenvalue weighted by Crippen LogP contribution is 2.36. The van der Waals surface area contributed by atoms with Crippen molar-refractivity contribution in [1.29, 1.82) is 0 Å². The molecule has 0 saturated heterocycles. The highest BCUT2D eigenvalue weighted by atomic mass is 28.4. The van der Waals surface area contributed by atoms with Crippen LogP contribution in [-0.4, -0.2) is 21.0 Å². The fraction of sp³-hybridized carbons (Fsp3) is 0.455. The first kappa shape index (κ1) is 19.9. The van der Waals surface area contributed by atoms with Crippen molar-refractivity contribution in [1.82, 2.24) is 0 Å². The summed E-state index contributed by atoms with van der Waals surface area (Å²) < 4.78 is 6.84. The van der Waals surface area contributed by atoms with E-state index >= 15 is 0 Å². The molecule has 0 aliphatic rings. The van der Waals surface area contributed by atoms with Crippen LogP contribution in [0.15, 0.2) is 60.7 Å². The van der Waals surface area contributed by atoms with Crippen LogP contribution in [0.5, 0.6) is 0 Å². The third-order valence-corrected chi connectivity index (χ3v) is 9.71. The summed E-state index contributed by atoms with van der Waals surface area (Å²) in [7, 11) is -2.44. The summed E-state index contributed by atoms with van der Waals surface area (Å²) in [4.78, 5) is 0. The lowest BCUT2D eigenvalue weighted by atomic mass is 10.1. The highest BCUT2D eigenvalue weighted by Gasteiger charge is 2.50. The minimum absolute atomic E-state index is 0.00720. The van der Waals surface area contributed by atoms with Crippen LogP contribution in [0.4, 0.5) is 0 Å². The molecule has 2 aromatic rings. The van der Waals surface area contributed by atoms with Crippen molar-refractivity contribution in [3.63, 3.8) is 0 Å². The Morgan fingerprint density at radius 3 is 1.68 bits per heavy atom. The molecule has 0 aromatic heterocycles.